The number of alkyl halides is 2. The lowest BCUT2D eigenvalue weighted by molar-refractivity contribution is 0.144. The summed E-state index contributed by atoms with van der Waals surface area (Å²) in [6, 6.07) is 5.05. The number of aliphatic hydroxyl groups is 1. The van der Waals surface area contributed by atoms with Crippen LogP contribution >= 0.6 is 0 Å². The molecule has 3 aromatic rings. The lowest BCUT2D eigenvalue weighted by Crippen LogP contribution is -2.36. The first kappa shape index (κ1) is 18.3. The minimum absolute atomic E-state index is 0.226. The molecule has 5 rings (SSSR count). The number of β-amino-alcohol motifs (C(OH)–C–C–N with tert-alkyl or cyclic N) is 1. The van der Waals surface area contributed by atoms with Gasteiger partial charge in [-0.15, -0.1) is 0 Å². The normalized spacial score (nSPS) is 23.0. The Bertz CT molecular complexity index is 1030. The molecule has 2 saturated heterocycles. The second-order valence-corrected chi connectivity index (χ2v) is 7.56. The Morgan fingerprint density at radius 1 is 1.07 bits per heavy atom. The van der Waals surface area contributed by atoms with Gasteiger partial charge in [-0.1, -0.05) is 0 Å². The second kappa shape index (κ2) is 7.27. The first-order valence-electron chi connectivity index (χ1n) is 9.71. The molecule has 2 atom stereocenters. The van der Waals surface area contributed by atoms with Gasteiger partial charge in [0.1, 0.15) is 23.5 Å². The fraction of sp³-hybridized carbons (Fsp3) is 0.474. The molecule has 3 aromatic heterocycles. The number of likely N-dealkylation sites (tertiary alicyclic amines) is 1. The molecule has 2 aliphatic heterocycles. The number of fused-ring (bicyclic) bond motifs is 1. The van der Waals surface area contributed by atoms with Crippen LogP contribution in [0.4, 0.5) is 14.6 Å². The Kier molecular flexibility index (Phi) is 4.59. The maximum atomic E-state index is 13.0. The van der Waals surface area contributed by atoms with Crippen molar-refractivity contribution >= 4 is 11.5 Å². The molecule has 8 nitrogen and oxygen atoms in total. The standard InChI is InChI=1S/C19H21F2N7O/c20-19(21)14-1-2-17-22-8-16(28(17)25-14)15-7-18(24-11-23-15)27-5-3-12(9-27)26-6-4-13(29)10-26/h1-2,7-8,11-13,19,29H,3-6,9-10H2. The van der Waals surface area contributed by atoms with Gasteiger partial charge < -0.3 is 10.0 Å². The van der Waals surface area contributed by atoms with Crippen LogP contribution in [-0.4, -0.2) is 72.9 Å². The number of hydrogen-bond donors (Lipinski definition) is 1. The van der Waals surface area contributed by atoms with Gasteiger partial charge in [-0.3, -0.25) is 4.90 Å². The van der Waals surface area contributed by atoms with Crippen LogP contribution < -0.4 is 4.90 Å². The summed E-state index contributed by atoms with van der Waals surface area (Å²) in [7, 11) is 0. The van der Waals surface area contributed by atoms with Crippen LogP contribution in [0, 0.1) is 0 Å². The van der Waals surface area contributed by atoms with Crippen molar-refractivity contribution in [3.63, 3.8) is 0 Å². The summed E-state index contributed by atoms with van der Waals surface area (Å²) in [5, 5.41) is 13.8. The summed E-state index contributed by atoms with van der Waals surface area (Å²) in [6.45, 7) is 3.36. The molecular formula is C19H21F2N7O. The SMILES string of the molecule is OC1CCN(C2CCN(c3cc(-c4cnc5ccc(C(F)F)nn45)ncn3)C2)C1. The molecule has 0 saturated carbocycles. The molecule has 2 aliphatic rings. The molecule has 0 radical (unpaired) electrons. The minimum Gasteiger partial charge on any atom is -0.392 e. The highest BCUT2D eigenvalue weighted by Gasteiger charge is 2.32. The molecule has 29 heavy (non-hydrogen) atoms. The average molecular weight is 401 g/mol. The molecule has 152 valence electrons. The minimum atomic E-state index is -2.65. The zero-order chi connectivity index (χ0) is 20.0. The van der Waals surface area contributed by atoms with Crippen molar-refractivity contribution in [2.45, 2.75) is 31.4 Å². The van der Waals surface area contributed by atoms with Crippen molar-refractivity contribution in [1.82, 2.24) is 29.5 Å². The third-order valence-corrected chi connectivity index (χ3v) is 5.72. The largest absolute Gasteiger partial charge is 0.392 e. The monoisotopic (exact) mass is 401 g/mol. The van der Waals surface area contributed by atoms with Crippen molar-refractivity contribution in [2.24, 2.45) is 0 Å². The van der Waals surface area contributed by atoms with Crippen LogP contribution in [-0.2, 0) is 0 Å². The van der Waals surface area contributed by atoms with E-state index in [-0.39, 0.29) is 11.8 Å². The van der Waals surface area contributed by atoms with Crippen LogP contribution in [0.5, 0.6) is 0 Å². The predicted molar refractivity (Wildman–Crippen MR) is 102 cm³/mol. The number of aliphatic hydroxyl groups excluding tert-OH is 1. The van der Waals surface area contributed by atoms with Gasteiger partial charge >= 0.3 is 0 Å². The van der Waals surface area contributed by atoms with Gasteiger partial charge in [0.15, 0.2) is 5.65 Å². The number of hydrogen-bond acceptors (Lipinski definition) is 7. The van der Waals surface area contributed by atoms with Gasteiger partial charge in [0.05, 0.1) is 18.0 Å². The molecule has 0 aromatic carbocycles. The van der Waals surface area contributed by atoms with Crippen LogP contribution in [0.1, 0.15) is 25.0 Å². The van der Waals surface area contributed by atoms with Crippen molar-refractivity contribution in [2.75, 3.05) is 31.1 Å². The topological polar surface area (TPSA) is 82.7 Å². The predicted octanol–water partition coefficient (Wildman–Crippen LogP) is 1.77. The van der Waals surface area contributed by atoms with E-state index in [2.05, 4.69) is 29.9 Å². The zero-order valence-electron chi connectivity index (χ0n) is 15.7. The Morgan fingerprint density at radius 3 is 2.76 bits per heavy atom. The first-order chi connectivity index (χ1) is 14.1. The number of rotatable bonds is 4. The maximum absolute atomic E-state index is 13.0. The average Bonchev–Trinajstić information content (AvgIpc) is 3.46. The fourth-order valence-electron chi connectivity index (χ4n) is 4.19. The first-order valence-corrected chi connectivity index (χ1v) is 9.71. The quantitative estimate of drug-likeness (QED) is 0.713. The van der Waals surface area contributed by atoms with Gasteiger partial charge in [0.2, 0.25) is 0 Å². The highest BCUT2D eigenvalue weighted by molar-refractivity contribution is 5.62. The van der Waals surface area contributed by atoms with E-state index < -0.39 is 6.43 Å². The second-order valence-electron chi connectivity index (χ2n) is 7.56. The summed E-state index contributed by atoms with van der Waals surface area (Å²) in [6.07, 6.45) is 2.03. The van der Waals surface area contributed by atoms with Crippen LogP contribution in [0.15, 0.2) is 30.7 Å². The van der Waals surface area contributed by atoms with Crippen LogP contribution in [0.25, 0.3) is 17.0 Å². The lowest BCUT2D eigenvalue weighted by Gasteiger charge is -2.24. The molecule has 1 N–H and O–H groups in total. The molecular weight excluding hydrogens is 380 g/mol. The van der Waals surface area contributed by atoms with Crippen molar-refractivity contribution < 1.29 is 13.9 Å². The maximum Gasteiger partial charge on any atom is 0.282 e. The lowest BCUT2D eigenvalue weighted by atomic mass is 10.2. The summed E-state index contributed by atoms with van der Waals surface area (Å²) < 4.78 is 27.5. The molecule has 10 heteroatoms. The Morgan fingerprint density at radius 2 is 1.97 bits per heavy atom. The molecule has 0 bridgehead atoms. The van der Waals surface area contributed by atoms with E-state index in [0.717, 1.165) is 44.8 Å². The van der Waals surface area contributed by atoms with E-state index in [1.54, 1.807) is 6.20 Å². The molecule has 0 spiro atoms. The number of aromatic nitrogens is 5. The van der Waals surface area contributed by atoms with E-state index in [4.69, 9.17) is 0 Å². The van der Waals surface area contributed by atoms with E-state index in [0.29, 0.717) is 23.1 Å². The van der Waals surface area contributed by atoms with Crippen LogP contribution in [0.2, 0.25) is 0 Å². The molecule has 5 heterocycles. The Labute approximate surface area is 165 Å². The van der Waals surface area contributed by atoms with Crippen LogP contribution in [0.3, 0.4) is 0 Å². The van der Waals surface area contributed by atoms with E-state index in [1.165, 1.54) is 23.0 Å². The Hall–Kier alpha value is -2.72. The van der Waals surface area contributed by atoms with Crippen molar-refractivity contribution in [1.29, 1.82) is 0 Å². The number of imidazole rings is 1. The summed E-state index contributed by atoms with van der Waals surface area (Å²) in [4.78, 5) is 17.5. The molecule has 2 fully saturated rings. The van der Waals surface area contributed by atoms with E-state index >= 15 is 0 Å². The van der Waals surface area contributed by atoms with E-state index in [1.807, 2.05) is 6.07 Å². The summed E-state index contributed by atoms with van der Waals surface area (Å²) in [5.74, 6) is 0.789. The number of anilines is 1. The fourth-order valence-corrected chi connectivity index (χ4v) is 4.19. The highest BCUT2D eigenvalue weighted by Crippen LogP contribution is 2.27. The summed E-state index contributed by atoms with van der Waals surface area (Å²) >= 11 is 0. The third-order valence-electron chi connectivity index (χ3n) is 5.72. The molecule has 2 unspecified atom stereocenters. The Balaban J connectivity index is 1.41. The van der Waals surface area contributed by atoms with Crippen molar-refractivity contribution in [3.05, 3.63) is 36.4 Å². The molecule has 0 aliphatic carbocycles. The zero-order valence-corrected chi connectivity index (χ0v) is 15.7. The van der Waals surface area contributed by atoms with E-state index in [9.17, 15) is 13.9 Å². The van der Waals surface area contributed by atoms with Gasteiger partial charge in [-0.25, -0.2) is 28.2 Å². The number of halogens is 2. The molecule has 0 amide bonds. The number of nitrogens with zero attached hydrogens (tertiary/aromatic N) is 7. The van der Waals surface area contributed by atoms with Gasteiger partial charge in [0.25, 0.3) is 6.43 Å². The third kappa shape index (κ3) is 3.42. The van der Waals surface area contributed by atoms with Gasteiger partial charge in [-0.05, 0) is 25.0 Å². The van der Waals surface area contributed by atoms with Gasteiger partial charge in [0, 0.05) is 38.3 Å². The van der Waals surface area contributed by atoms with Gasteiger partial charge in [-0.2, -0.15) is 5.10 Å². The smallest absolute Gasteiger partial charge is 0.282 e. The summed E-state index contributed by atoms with van der Waals surface area (Å²) in [5.41, 5.74) is 1.31. The van der Waals surface area contributed by atoms with Crippen molar-refractivity contribution in [3.8, 4) is 11.4 Å². The highest BCUT2D eigenvalue weighted by atomic mass is 19.3.